The van der Waals surface area contributed by atoms with E-state index in [1.165, 1.54) is 0 Å². The third kappa shape index (κ3) is 2.26. The molecule has 0 bridgehead atoms. The fourth-order valence-electron chi connectivity index (χ4n) is 2.34. The highest BCUT2D eigenvalue weighted by molar-refractivity contribution is 5.90. The molecule has 0 aliphatic carbocycles. The minimum atomic E-state index is -0.269. The fraction of sp³-hybridized carbons (Fsp3) is 0.400. The summed E-state index contributed by atoms with van der Waals surface area (Å²) in [6.07, 6.45) is 1.73. The lowest BCUT2D eigenvalue weighted by atomic mass is 9.88. The Morgan fingerprint density at radius 1 is 1.33 bits per heavy atom. The number of carbonyl (C=O) groups is 1. The molecule has 1 saturated heterocycles. The maximum atomic E-state index is 11.6. The number of hydrogen-bond donors (Lipinski definition) is 0. The van der Waals surface area contributed by atoms with Crippen LogP contribution in [-0.4, -0.2) is 13.1 Å². The van der Waals surface area contributed by atoms with Gasteiger partial charge in [-0.15, -0.1) is 0 Å². The standard InChI is InChI=1S/C15H18O3/c1-4-5-13-10(2)15(16)18-14(13)11-6-8-12(17-3)9-7-11/h6-9,13-14H,2,4-5H2,1,3H3/t13-,14-/m0/s1. The van der Waals surface area contributed by atoms with Crippen LogP contribution in [0.1, 0.15) is 31.4 Å². The molecule has 0 radical (unpaired) electrons. The molecule has 1 aromatic rings. The van der Waals surface area contributed by atoms with Gasteiger partial charge in [-0.1, -0.05) is 32.1 Å². The summed E-state index contributed by atoms with van der Waals surface area (Å²) in [5, 5.41) is 0. The molecule has 1 aliphatic heterocycles. The maximum Gasteiger partial charge on any atom is 0.334 e. The van der Waals surface area contributed by atoms with Crippen molar-refractivity contribution in [3.63, 3.8) is 0 Å². The molecule has 18 heavy (non-hydrogen) atoms. The van der Waals surface area contributed by atoms with Crippen molar-refractivity contribution in [2.75, 3.05) is 7.11 Å². The van der Waals surface area contributed by atoms with Gasteiger partial charge in [0.25, 0.3) is 0 Å². The van der Waals surface area contributed by atoms with E-state index in [4.69, 9.17) is 9.47 Å². The van der Waals surface area contributed by atoms with Crippen LogP contribution in [0.25, 0.3) is 0 Å². The van der Waals surface area contributed by atoms with E-state index < -0.39 is 0 Å². The molecule has 1 heterocycles. The number of cyclic esters (lactones) is 1. The van der Waals surface area contributed by atoms with Gasteiger partial charge in [0.15, 0.2) is 0 Å². The fourth-order valence-corrected chi connectivity index (χ4v) is 2.34. The Kier molecular flexibility index (Phi) is 3.70. The van der Waals surface area contributed by atoms with Crippen molar-refractivity contribution in [1.29, 1.82) is 0 Å². The van der Waals surface area contributed by atoms with Crippen molar-refractivity contribution in [3.05, 3.63) is 42.0 Å². The molecule has 96 valence electrons. The van der Waals surface area contributed by atoms with Crippen LogP contribution in [0, 0.1) is 5.92 Å². The summed E-state index contributed by atoms with van der Waals surface area (Å²) in [5.41, 5.74) is 1.60. The first-order valence-electron chi connectivity index (χ1n) is 6.21. The van der Waals surface area contributed by atoms with E-state index >= 15 is 0 Å². The lowest BCUT2D eigenvalue weighted by Crippen LogP contribution is -2.08. The van der Waals surface area contributed by atoms with Crippen LogP contribution in [-0.2, 0) is 9.53 Å². The molecule has 1 fully saturated rings. The second-order valence-electron chi connectivity index (χ2n) is 4.52. The number of benzene rings is 1. The number of ether oxygens (including phenoxy) is 2. The topological polar surface area (TPSA) is 35.5 Å². The minimum absolute atomic E-state index is 0.0934. The summed E-state index contributed by atoms with van der Waals surface area (Å²) in [6, 6.07) is 7.65. The lowest BCUT2D eigenvalue weighted by Gasteiger charge is -2.17. The minimum Gasteiger partial charge on any atom is -0.497 e. The van der Waals surface area contributed by atoms with Gasteiger partial charge in [-0.05, 0) is 24.1 Å². The normalized spacial score (nSPS) is 23.0. The van der Waals surface area contributed by atoms with Crippen LogP contribution in [0.4, 0.5) is 0 Å². The molecule has 3 heteroatoms. The predicted molar refractivity (Wildman–Crippen MR) is 69.4 cm³/mol. The van der Waals surface area contributed by atoms with Crippen molar-refractivity contribution in [1.82, 2.24) is 0 Å². The molecule has 0 spiro atoms. The lowest BCUT2D eigenvalue weighted by molar-refractivity contribution is -0.139. The first kappa shape index (κ1) is 12.7. The van der Waals surface area contributed by atoms with Crippen LogP contribution in [0.3, 0.4) is 0 Å². The quantitative estimate of drug-likeness (QED) is 0.604. The number of methoxy groups -OCH3 is 1. The second kappa shape index (κ2) is 5.25. The van der Waals surface area contributed by atoms with E-state index in [2.05, 4.69) is 13.5 Å². The molecule has 0 unspecified atom stereocenters. The number of hydrogen-bond acceptors (Lipinski definition) is 3. The van der Waals surface area contributed by atoms with Crippen molar-refractivity contribution < 1.29 is 14.3 Å². The molecular weight excluding hydrogens is 228 g/mol. The Hall–Kier alpha value is -1.77. The average Bonchev–Trinajstić information content (AvgIpc) is 2.68. The molecular formula is C15H18O3. The van der Waals surface area contributed by atoms with E-state index in [1.807, 2.05) is 24.3 Å². The van der Waals surface area contributed by atoms with E-state index in [-0.39, 0.29) is 18.0 Å². The monoisotopic (exact) mass is 246 g/mol. The van der Waals surface area contributed by atoms with Crippen LogP contribution < -0.4 is 4.74 Å². The Balaban J connectivity index is 2.24. The van der Waals surface area contributed by atoms with Crippen molar-refractivity contribution >= 4 is 5.97 Å². The number of rotatable bonds is 4. The summed E-state index contributed by atoms with van der Waals surface area (Å²) in [7, 11) is 1.63. The second-order valence-corrected chi connectivity index (χ2v) is 4.52. The van der Waals surface area contributed by atoms with Crippen LogP contribution in [0.15, 0.2) is 36.4 Å². The van der Waals surface area contributed by atoms with E-state index in [9.17, 15) is 4.79 Å². The first-order chi connectivity index (χ1) is 8.67. The van der Waals surface area contributed by atoms with Gasteiger partial charge >= 0.3 is 5.97 Å². The summed E-state index contributed by atoms with van der Waals surface area (Å²) in [5.74, 6) is 0.624. The third-order valence-corrected chi connectivity index (χ3v) is 3.35. The van der Waals surface area contributed by atoms with E-state index in [0.29, 0.717) is 5.57 Å². The summed E-state index contributed by atoms with van der Waals surface area (Å²) >= 11 is 0. The number of esters is 1. The van der Waals surface area contributed by atoms with Gasteiger partial charge in [-0.3, -0.25) is 0 Å². The largest absolute Gasteiger partial charge is 0.497 e. The molecule has 0 N–H and O–H groups in total. The van der Waals surface area contributed by atoms with Gasteiger partial charge in [0.2, 0.25) is 0 Å². The predicted octanol–water partition coefficient (Wildman–Crippen LogP) is 3.27. The molecule has 3 nitrogen and oxygen atoms in total. The molecule has 2 atom stereocenters. The zero-order chi connectivity index (χ0) is 13.1. The van der Waals surface area contributed by atoms with Crippen LogP contribution in [0.5, 0.6) is 5.75 Å². The summed E-state index contributed by atoms with van der Waals surface area (Å²) < 4.78 is 10.5. The number of carbonyl (C=O) groups excluding carboxylic acids is 1. The first-order valence-corrected chi connectivity index (χ1v) is 6.21. The molecule has 0 saturated carbocycles. The molecule has 0 aromatic heterocycles. The van der Waals surface area contributed by atoms with Gasteiger partial charge in [-0.2, -0.15) is 0 Å². The van der Waals surface area contributed by atoms with Crippen molar-refractivity contribution in [3.8, 4) is 5.75 Å². The van der Waals surface area contributed by atoms with Crippen LogP contribution >= 0.6 is 0 Å². The van der Waals surface area contributed by atoms with Crippen molar-refractivity contribution in [2.45, 2.75) is 25.9 Å². The van der Waals surface area contributed by atoms with E-state index in [1.54, 1.807) is 7.11 Å². The molecule has 1 aliphatic rings. The summed E-state index contributed by atoms with van der Waals surface area (Å²) in [4.78, 5) is 11.6. The molecule has 0 amide bonds. The SMILES string of the molecule is C=C1C(=O)O[C@@H](c2ccc(OC)cc2)[C@H]1CCC. The summed E-state index contributed by atoms with van der Waals surface area (Å²) in [6.45, 7) is 5.94. The molecule has 2 rings (SSSR count). The smallest absolute Gasteiger partial charge is 0.334 e. The zero-order valence-corrected chi connectivity index (χ0v) is 10.8. The van der Waals surface area contributed by atoms with Crippen molar-refractivity contribution in [2.24, 2.45) is 5.92 Å². The van der Waals surface area contributed by atoms with Gasteiger partial charge in [-0.25, -0.2) is 4.79 Å². The van der Waals surface area contributed by atoms with Gasteiger partial charge in [0.05, 0.1) is 7.11 Å². The Bertz CT molecular complexity index is 447. The zero-order valence-electron chi connectivity index (χ0n) is 10.8. The van der Waals surface area contributed by atoms with Gasteiger partial charge in [0, 0.05) is 11.5 Å². The van der Waals surface area contributed by atoms with Gasteiger partial charge in [0.1, 0.15) is 11.9 Å². The Morgan fingerprint density at radius 3 is 2.56 bits per heavy atom. The highest BCUT2D eigenvalue weighted by atomic mass is 16.6. The van der Waals surface area contributed by atoms with Gasteiger partial charge < -0.3 is 9.47 Å². The Labute approximate surface area is 107 Å². The third-order valence-electron chi connectivity index (χ3n) is 3.35. The molecule has 1 aromatic carbocycles. The van der Waals surface area contributed by atoms with Crippen LogP contribution in [0.2, 0.25) is 0 Å². The Morgan fingerprint density at radius 2 is 2.00 bits per heavy atom. The maximum absolute atomic E-state index is 11.6. The highest BCUT2D eigenvalue weighted by Gasteiger charge is 2.38. The highest BCUT2D eigenvalue weighted by Crippen LogP contribution is 2.41. The van der Waals surface area contributed by atoms with E-state index in [0.717, 1.165) is 24.2 Å². The average molecular weight is 246 g/mol.